The summed E-state index contributed by atoms with van der Waals surface area (Å²) in [5.41, 5.74) is 0.884. The van der Waals surface area contributed by atoms with Gasteiger partial charge in [0.05, 0.1) is 6.54 Å². The number of nitrogens with one attached hydrogen (secondary N) is 1. The minimum absolute atomic E-state index is 0.260. The van der Waals surface area contributed by atoms with Crippen molar-refractivity contribution in [1.82, 2.24) is 14.1 Å². The molecule has 0 bridgehead atoms. The maximum Gasteiger partial charge on any atom is 0.250 e. The second kappa shape index (κ2) is 4.71. The van der Waals surface area contributed by atoms with E-state index >= 15 is 0 Å². The van der Waals surface area contributed by atoms with Crippen LogP contribution in [0.4, 0.5) is 0 Å². The zero-order chi connectivity index (χ0) is 13.5. The van der Waals surface area contributed by atoms with E-state index in [1.54, 1.807) is 18.3 Å². The number of rotatable bonds is 4. The molecule has 3 aromatic rings. The van der Waals surface area contributed by atoms with Gasteiger partial charge in [-0.05, 0) is 19.1 Å². The summed E-state index contributed by atoms with van der Waals surface area (Å²) in [6, 6.07) is 3.43. The van der Waals surface area contributed by atoms with Gasteiger partial charge < -0.3 is 0 Å². The number of fused-ring (bicyclic) bond motifs is 1. The number of hydrogen-bond acceptors (Lipinski definition) is 5. The molecule has 100 valence electrons. The third-order valence-corrected chi connectivity index (χ3v) is 6.44. The first kappa shape index (κ1) is 12.8. The van der Waals surface area contributed by atoms with Gasteiger partial charge in [0.2, 0.25) is 10.0 Å². The van der Waals surface area contributed by atoms with E-state index in [2.05, 4.69) is 9.71 Å². The highest BCUT2D eigenvalue weighted by atomic mass is 32.2. The number of nitrogens with zero attached hydrogens (tertiary/aromatic N) is 2. The van der Waals surface area contributed by atoms with Crippen molar-refractivity contribution >= 4 is 37.7 Å². The highest BCUT2D eigenvalue weighted by Crippen LogP contribution is 2.21. The maximum absolute atomic E-state index is 12.1. The minimum atomic E-state index is -3.43. The number of thiophene rings is 1. The highest BCUT2D eigenvalue weighted by molar-refractivity contribution is 7.91. The molecular weight excluding hydrogens is 302 g/mol. The van der Waals surface area contributed by atoms with Gasteiger partial charge in [0.15, 0.2) is 4.96 Å². The number of aryl methyl sites for hydroxylation is 1. The number of hydrogen-bond donors (Lipinski definition) is 1. The predicted octanol–water partition coefficient (Wildman–Crippen LogP) is 2.24. The van der Waals surface area contributed by atoms with Crippen LogP contribution >= 0.6 is 22.7 Å². The van der Waals surface area contributed by atoms with Crippen molar-refractivity contribution in [2.75, 3.05) is 0 Å². The van der Waals surface area contributed by atoms with E-state index in [0.29, 0.717) is 4.21 Å². The molecule has 19 heavy (non-hydrogen) atoms. The van der Waals surface area contributed by atoms with E-state index in [-0.39, 0.29) is 6.54 Å². The molecule has 0 unspecified atom stereocenters. The van der Waals surface area contributed by atoms with Crippen LogP contribution in [0.2, 0.25) is 0 Å². The van der Waals surface area contributed by atoms with Crippen LogP contribution < -0.4 is 4.72 Å². The van der Waals surface area contributed by atoms with Gasteiger partial charge in [-0.3, -0.25) is 4.40 Å². The van der Waals surface area contributed by atoms with Gasteiger partial charge in [-0.1, -0.05) is 0 Å². The monoisotopic (exact) mass is 313 g/mol. The zero-order valence-corrected chi connectivity index (χ0v) is 12.5. The van der Waals surface area contributed by atoms with Crippen LogP contribution in [0.3, 0.4) is 0 Å². The lowest BCUT2D eigenvalue weighted by atomic mass is 10.5. The molecule has 3 aromatic heterocycles. The Labute approximate surface area is 118 Å². The van der Waals surface area contributed by atoms with Crippen molar-refractivity contribution in [3.63, 3.8) is 0 Å². The van der Waals surface area contributed by atoms with Crippen LogP contribution in [0, 0.1) is 6.92 Å². The minimum Gasteiger partial charge on any atom is -0.293 e. The lowest BCUT2D eigenvalue weighted by Crippen LogP contribution is -2.22. The topological polar surface area (TPSA) is 63.5 Å². The summed E-state index contributed by atoms with van der Waals surface area (Å²) in [5, 5.41) is 1.91. The van der Waals surface area contributed by atoms with E-state index in [1.807, 2.05) is 22.9 Å². The molecule has 0 aliphatic carbocycles. The predicted molar refractivity (Wildman–Crippen MR) is 76.2 cm³/mol. The lowest BCUT2D eigenvalue weighted by Gasteiger charge is -2.03. The van der Waals surface area contributed by atoms with Crippen LogP contribution in [0.1, 0.15) is 10.6 Å². The molecule has 0 saturated heterocycles. The van der Waals surface area contributed by atoms with Crippen LogP contribution in [0.15, 0.2) is 34.1 Å². The van der Waals surface area contributed by atoms with E-state index in [0.717, 1.165) is 15.5 Å². The zero-order valence-electron chi connectivity index (χ0n) is 10.0. The first-order valence-electron chi connectivity index (χ1n) is 5.52. The summed E-state index contributed by atoms with van der Waals surface area (Å²) in [5.74, 6) is 0. The van der Waals surface area contributed by atoms with Gasteiger partial charge in [-0.25, -0.2) is 18.1 Å². The van der Waals surface area contributed by atoms with Crippen molar-refractivity contribution < 1.29 is 8.42 Å². The average Bonchev–Trinajstić information content (AvgIpc) is 3.02. The Morgan fingerprint density at radius 3 is 3.00 bits per heavy atom. The molecule has 0 aliphatic rings. The first-order valence-corrected chi connectivity index (χ1v) is 8.70. The number of aromatic nitrogens is 2. The standard InChI is InChI=1S/C11H11N3O2S3/c1-8-2-3-10(18-8)19(15,16)13-6-9-7-17-11-12-4-5-14(9)11/h2-5,7,13H,6H2,1H3. The fraction of sp³-hybridized carbons (Fsp3) is 0.182. The molecule has 0 aromatic carbocycles. The summed E-state index contributed by atoms with van der Waals surface area (Å²) in [7, 11) is -3.43. The SMILES string of the molecule is Cc1ccc(S(=O)(=O)NCc2csc3nccn23)s1. The molecule has 3 heterocycles. The summed E-state index contributed by atoms with van der Waals surface area (Å²) in [4.78, 5) is 5.99. The third kappa shape index (κ3) is 2.44. The Kier molecular flexibility index (Phi) is 3.17. The molecule has 0 saturated carbocycles. The smallest absolute Gasteiger partial charge is 0.250 e. The fourth-order valence-electron chi connectivity index (χ4n) is 1.70. The largest absolute Gasteiger partial charge is 0.293 e. The maximum atomic E-state index is 12.1. The van der Waals surface area contributed by atoms with Crippen molar-refractivity contribution in [2.45, 2.75) is 17.7 Å². The van der Waals surface area contributed by atoms with Gasteiger partial charge in [0.25, 0.3) is 0 Å². The quantitative estimate of drug-likeness (QED) is 0.803. The Hall–Kier alpha value is -1.22. The molecule has 3 rings (SSSR count). The van der Waals surface area contributed by atoms with E-state index in [4.69, 9.17) is 0 Å². The normalized spacial score (nSPS) is 12.3. The third-order valence-electron chi connectivity index (χ3n) is 2.64. The Morgan fingerprint density at radius 2 is 2.26 bits per heavy atom. The van der Waals surface area contributed by atoms with Gasteiger partial charge in [0.1, 0.15) is 4.21 Å². The fourth-order valence-corrected chi connectivity index (χ4v) is 4.88. The Bertz CT molecular complexity index is 813. The van der Waals surface area contributed by atoms with Crippen molar-refractivity contribution in [3.8, 4) is 0 Å². The molecule has 5 nitrogen and oxygen atoms in total. The summed E-state index contributed by atoms with van der Waals surface area (Å²) < 4.78 is 29.0. The molecule has 8 heteroatoms. The van der Waals surface area contributed by atoms with E-state index < -0.39 is 10.0 Å². The van der Waals surface area contributed by atoms with Crippen LogP contribution in [-0.4, -0.2) is 17.8 Å². The van der Waals surface area contributed by atoms with Crippen molar-refractivity contribution in [3.05, 3.63) is 40.5 Å². The molecule has 0 radical (unpaired) electrons. The van der Waals surface area contributed by atoms with Crippen LogP contribution in [-0.2, 0) is 16.6 Å². The number of sulfonamides is 1. The van der Waals surface area contributed by atoms with E-state index in [9.17, 15) is 8.42 Å². The second-order valence-corrected chi connectivity index (χ2v) is 8.11. The molecular formula is C11H11N3O2S3. The van der Waals surface area contributed by atoms with Crippen LogP contribution in [0.25, 0.3) is 4.96 Å². The molecule has 0 aliphatic heterocycles. The molecule has 0 amide bonds. The molecule has 0 spiro atoms. The van der Waals surface area contributed by atoms with Crippen LogP contribution in [0.5, 0.6) is 0 Å². The Morgan fingerprint density at radius 1 is 1.42 bits per heavy atom. The molecule has 1 N–H and O–H groups in total. The van der Waals surface area contributed by atoms with E-state index in [1.165, 1.54) is 22.7 Å². The van der Waals surface area contributed by atoms with Gasteiger partial charge in [-0.2, -0.15) is 0 Å². The summed E-state index contributed by atoms with van der Waals surface area (Å²) in [6.07, 6.45) is 3.53. The first-order chi connectivity index (χ1) is 9.06. The lowest BCUT2D eigenvalue weighted by molar-refractivity contribution is 0.582. The second-order valence-electron chi connectivity index (χ2n) is 4.00. The average molecular weight is 313 g/mol. The summed E-state index contributed by atoms with van der Waals surface area (Å²) in [6.45, 7) is 2.15. The van der Waals surface area contributed by atoms with Gasteiger partial charge >= 0.3 is 0 Å². The Balaban J connectivity index is 1.81. The number of thiazole rings is 1. The number of imidazole rings is 1. The van der Waals surface area contributed by atoms with Crippen molar-refractivity contribution in [2.24, 2.45) is 0 Å². The highest BCUT2D eigenvalue weighted by Gasteiger charge is 2.16. The van der Waals surface area contributed by atoms with Crippen molar-refractivity contribution in [1.29, 1.82) is 0 Å². The summed E-state index contributed by atoms with van der Waals surface area (Å²) >= 11 is 2.76. The molecule has 0 fully saturated rings. The van der Waals surface area contributed by atoms with Gasteiger partial charge in [-0.15, -0.1) is 22.7 Å². The van der Waals surface area contributed by atoms with Gasteiger partial charge in [0, 0.05) is 28.3 Å². The molecule has 0 atom stereocenters.